The number of nitrogens with zero attached hydrogens (tertiary/aromatic N) is 2. The molecule has 2 aromatic rings. The zero-order chi connectivity index (χ0) is 11.9. The van der Waals surface area contributed by atoms with Crippen LogP contribution < -0.4 is 10.6 Å². The Hall–Kier alpha value is -1.68. The highest BCUT2D eigenvalue weighted by Gasteiger charge is 2.00. The van der Waals surface area contributed by atoms with Gasteiger partial charge in [0.25, 0.3) is 0 Å². The quantitative estimate of drug-likeness (QED) is 0.746. The van der Waals surface area contributed by atoms with Crippen LogP contribution >= 0.6 is 0 Å². The highest BCUT2D eigenvalue weighted by molar-refractivity contribution is 5.90. The molecule has 2 N–H and O–H groups in total. The highest BCUT2D eigenvalue weighted by Crippen LogP contribution is 2.19. The molecule has 0 saturated heterocycles. The van der Waals surface area contributed by atoms with Crippen molar-refractivity contribution in [1.82, 2.24) is 15.5 Å². The van der Waals surface area contributed by atoms with E-state index in [-0.39, 0.29) is 0 Å². The standard InChI is InChI=1S/C13H18N4/c1-2-7-14-8-9-15-13-10-16-17-12-6-4-3-5-11(12)13/h3-6,10,14H,2,7-9H2,1H3,(H,15,17). The van der Waals surface area contributed by atoms with Gasteiger partial charge >= 0.3 is 0 Å². The molecule has 0 aliphatic heterocycles. The summed E-state index contributed by atoms with van der Waals surface area (Å²) in [6.45, 7) is 5.10. The van der Waals surface area contributed by atoms with Gasteiger partial charge in [0.05, 0.1) is 17.4 Å². The van der Waals surface area contributed by atoms with E-state index in [0.29, 0.717) is 0 Å². The smallest absolute Gasteiger partial charge is 0.0950 e. The number of anilines is 1. The lowest BCUT2D eigenvalue weighted by Gasteiger charge is -2.08. The van der Waals surface area contributed by atoms with Crippen LogP contribution in [0.3, 0.4) is 0 Å². The number of hydrogen-bond donors (Lipinski definition) is 2. The van der Waals surface area contributed by atoms with Crippen LogP contribution in [0.2, 0.25) is 0 Å². The molecule has 1 aromatic carbocycles. The fourth-order valence-electron chi connectivity index (χ4n) is 1.74. The molecular weight excluding hydrogens is 212 g/mol. The SMILES string of the molecule is CCCNCCNc1cnnc2ccccc12. The topological polar surface area (TPSA) is 49.8 Å². The summed E-state index contributed by atoms with van der Waals surface area (Å²) >= 11 is 0. The van der Waals surface area contributed by atoms with Gasteiger partial charge in [-0.25, -0.2) is 0 Å². The van der Waals surface area contributed by atoms with E-state index >= 15 is 0 Å². The van der Waals surface area contributed by atoms with E-state index in [4.69, 9.17) is 0 Å². The summed E-state index contributed by atoms with van der Waals surface area (Å²) in [4.78, 5) is 0. The number of rotatable bonds is 6. The van der Waals surface area contributed by atoms with Crippen LogP contribution in [0.1, 0.15) is 13.3 Å². The lowest BCUT2D eigenvalue weighted by atomic mass is 10.2. The molecule has 0 atom stereocenters. The van der Waals surface area contributed by atoms with Gasteiger partial charge in [0.2, 0.25) is 0 Å². The van der Waals surface area contributed by atoms with Crippen LogP contribution in [-0.4, -0.2) is 29.8 Å². The van der Waals surface area contributed by atoms with Crippen molar-refractivity contribution in [3.05, 3.63) is 30.5 Å². The first-order valence-corrected chi connectivity index (χ1v) is 6.07. The summed E-state index contributed by atoms with van der Waals surface area (Å²) < 4.78 is 0. The second kappa shape index (κ2) is 6.15. The molecule has 4 nitrogen and oxygen atoms in total. The maximum absolute atomic E-state index is 4.09. The van der Waals surface area contributed by atoms with Gasteiger partial charge in [-0.3, -0.25) is 0 Å². The van der Waals surface area contributed by atoms with Crippen LogP contribution in [0.5, 0.6) is 0 Å². The fourth-order valence-corrected chi connectivity index (χ4v) is 1.74. The third-order valence-corrected chi connectivity index (χ3v) is 2.59. The van der Waals surface area contributed by atoms with Gasteiger partial charge in [-0.05, 0) is 19.0 Å². The first-order chi connectivity index (χ1) is 8.42. The molecule has 1 aromatic heterocycles. The Bertz CT molecular complexity index is 464. The molecule has 0 amide bonds. The Morgan fingerprint density at radius 2 is 2.00 bits per heavy atom. The van der Waals surface area contributed by atoms with Crippen molar-refractivity contribution in [2.75, 3.05) is 25.0 Å². The van der Waals surface area contributed by atoms with Gasteiger partial charge in [0, 0.05) is 18.5 Å². The number of fused-ring (bicyclic) bond motifs is 1. The zero-order valence-corrected chi connectivity index (χ0v) is 10.1. The van der Waals surface area contributed by atoms with Crippen LogP contribution in [0.25, 0.3) is 10.9 Å². The minimum atomic E-state index is 0.898. The number of aromatic nitrogens is 2. The summed E-state index contributed by atoms with van der Waals surface area (Å²) in [5.74, 6) is 0. The molecule has 0 radical (unpaired) electrons. The van der Waals surface area contributed by atoms with E-state index in [1.165, 1.54) is 6.42 Å². The van der Waals surface area contributed by atoms with E-state index in [1.807, 2.05) is 18.2 Å². The highest BCUT2D eigenvalue weighted by atomic mass is 15.1. The molecule has 90 valence electrons. The minimum absolute atomic E-state index is 0.898. The van der Waals surface area contributed by atoms with Crippen LogP contribution in [0, 0.1) is 0 Å². The van der Waals surface area contributed by atoms with Gasteiger partial charge in [0.15, 0.2) is 0 Å². The van der Waals surface area contributed by atoms with Gasteiger partial charge < -0.3 is 10.6 Å². The van der Waals surface area contributed by atoms with Crippen molar-refractivity contribution < 1.29 is 0 Å². The maximum atomic E-state index is 4.09. The normalized spacial score (nSPS) is 10.6. The Labute approximate surface area is 101 Å². The second-order valence-electron chi connectivity index (χ2n) is 3.95. The number of benzene rings is 1. The first kappa shape index (κ1) is 11.8. The van der Waals surface area contributed by atoms with Gasteiger partial charge in [0.1, 0.15) is 0 Å². The fraction of sp³-hybridized carbons (Fsp3) is 0.385. The van der Waals surface area contributed by atoms with Crippen molar-refractivity contribution in [1.29, 1.82) is 0 Å². The third kappa shape index (κ3) is 3.14. The largest absolute Gasteiger partial charge is 0.382 e. The van der Waals surface area contributed by atoms with Crippen LogP contribution in [0.15, 0.2) is 30.5 Å². The van der Waals surface area contributed by atoms with Crippen molar-refractivity contribution in [2.24, 2.45) is 0 Å². The summed E-state index contributed by atoms with van der Waals surface area (Å²) in [6.07, 6.45) is 2.95. The van der Waals surface area contributed by atoms with Crippen molar-refractivity contribution in [3.63, 3.8) is 0 Å². The molecule has 0 unspecified atom stereocenters. The predicted octanol–water partition coefficient (Wildman–Crippen LogP) is 2.04. The van der Waals surface area contributed by atoms with E-state index < -0.39 is 0 Å². The second-order valence-corrected chi connectivity index (χ2v) is 3.95. The number of hydrogen-bond acceptors (Lipinski definition) is 4. The van der Waals surface area contributed by atoms with Gasteiger partial charge in [-0.1, -0.05) is 25.1 Å². The molecule has 0 aliphatic carbocycles. The molecule has 0 saturated carbocycles. The number of nitrogens with one attached hydrogen (secondary N) is 2. The Kier molecular flexibility index (Phi) is 4.27. The van der Waals surface area contributed by atoms with Gasteiger partial charge in [-0.15, -0.1) is 0 Å². The van der Waals surface area contributed by atoms with Gasteiger partial charge in [-0.2, -0.15) is 10.2 Å². The maximum Gasteiger partial charge on any atom is 0.0950 e. The molecule has 1 heterocycles. The van der Waals surface area contributed by atoms with Crippen molar-refractivity contribution in [3.8, 4) is 0 Å². The molecule has 17 heavy (non-hydrogen) atoms. The summed E-state index contributed by atoms with van der Waals surface area (Å²) in [7, 11) is 0. The van der Waals surface area contributed by atoms with Crippen molar-refractivity contribution in [2.45, 2.75) is 13.3 Å². The molecule has 0 spiro atoms. The average molecular weight is 230 g/mol. The van der Waals surface area contributed by atoms with E-state index in [2.05, 4.69) is 33.8 Å². The minimum Gasteiger partial charge on any atom is -0.382 e. The Morgan fingerprint density at radius 1 is 1.12 bits per heavy atom. The molecule has 0 fully saturated rings. The lowest BCUT2D eigenvalue weighted by molar-refractivity contribution is 0.688. The van der Waals surface area contributed by atoms with Crippen LogP contribution in [-0.2, 0) is 0 Å². The van der Waals surface area contributed by atoms with Crippen molar-refractivity contribution >= 4 is 16.6 Å². The monoisotopic (exact) mass is 230 g/mol. The molecule has 2 rings (SSSR count). The van der Waals surface area contributed by atoms with E-state index in [1.54, 1.807) is 6.20 Å². The first-order valence-electron chi connectivity index (χ1n) is 6.07. The summed E-state index contributed by atoms with van der Waals surface area (Å²) in [5.41, 5.74) is 1.98. The summed E-state index contributed by atoms with van der Waals surface area (Å²) in [6, 6.07) is 8.03. The summed E-state index contributed by atoms with van der Waals surface area (Å²) in [5, 5.41) is 15.9. The molecule has 0 bridgehead atoms. The predicted molar refractivity (Wildman–Crippen MR) is 71.2 cm³/mol. The zero-order valence-electron chi connectivity index (χ0n) is 10.1. The molecular formula is C13H18N4. The Balaban J connectivity index is 1.98. The Morgan fingerprint density at radius 3 is 2.88 bits per heavy atom. The van der Waals surface area contributed by atoms with E-state index in [9.17, 15) is 0 Å². The van der Waals surface area contributed by atoms with Crippen LogP contribution in [0.4, 0.5) is 5.69 Å². The average Bonchev–Trinajstić information content (AvgIpc) is 2.39. The third-order valence-electron chi connectivity index (χ3n) is 2.59. The van der Waals surface area contributed by atoms with E-state index in [0.717, 1.165) is 36.2 Å². The lowest BCUT2D eigenvalue weighted by Crippen LogP contribution is -2.22. The molecule has 4 heteroatoms. The molecule has 0 aliphatic rings.